The number of piperazine rings is 1. The molecule has 1 saturated heterocycles. The fourth-order valence-electron chi connectivity index (χ4n) is 6.87. The van der Waals surface area contributed by atoms with E-state index >= 15 is 0 Å². The van der Waals surface area contributed by atoms with Gasteiger partial charge in [0.1, 0.15) is 11.7 Å². The molecule has 0 radical (unpaired) electrons. The van der Waals surface area contributed by atoms with E-state index in [9.17, 15) is 14.3 Å². The van der Waals surface area contributed by atoms with Crippen LogP contribution >= 0.6 is 34.5 Å². The zero-order valence-corrected chi connectivity index (χ0v) is 27.0. The van der Waals surface area contributed by atoms with Gasteiger partial charge in [-0.15, -0.1) is 11.3 Å². The van der Waals surface area contributed by atoms with E-state index in [0.29, 0.717) is 43.5 Å². The number of carbonyl (C=O) groups is 1. The molecule has 0 unspecified atom stereocenters. The lowest BCUT2D eigenvalue weighted by Gasteiger charge is -2.45. The molecule has 2 aliphatic heterocycles. The molecule has 3 aliphatic rings. The van der Waals surface area contributed by atoms with E-state index in [1.54, 1.807) is 28.7 Å². The maximum atomic E-state index is 14.4. The molecule has 2 N–H and O–H groups in total. The highest BCUT2D eigenvalue weighted by atomic mass is 35.5. The Morgan fingerprint density at radius 2 is 1.89 bits per heavy atom. The predicted octanol–water partition coefficient (Wildman–Crippen LogP) is 5.43. The Labute approximate surface area is 278 Å². The number of thiazole rings is 1. The quantitative estimate of drug-likeness (QED) is 0.236. The van der Waals surface area contributed by atoms with Crippen molar-refractivity contribution in [2.75, 3.05) is 36.4 Å². The predicted molar refractivity (Wildman–Crippen MR) is 178 cm³/mol. The van der Waals surface area contributed by atoms with E-state index in [2.05, 4.69) is 37.2 Å². The smallest absolute Gasteiger partial charge is 0.257 e. The second-order valence-corrected chi connectivity index (χ2v) is 13.9. The van der Waals surface area contributed by atoms with Crippen LogP contribution in [-0.4, -0.2) is 84.7 Å². The van der Waals surface area contributed by atoms with Crippen LogP contribution in [0.1, 0.15) is 30.3 Å². The maximum Gasteiger partial charge on any atom is 0.257 e. The van der Waals surface area contributed by atoms with E-state index in [4.69, 9.17) is 28.3 Å². The summed E-state index contributed by atoms with van der Waals surface area (Å²) in [4.78, 5) is 27.3. The van der Waals surface area contributed by atoms with Crippen LogP contribution < -0.4 is 10.2 Å². The van der Waals surface area contributed by atoms with Crippen LogP contribution in [0.5, 0.6) is 0 Å². The molecule has 14 heteroatoms. The summed E-state index contributed by atoms with van der Waals surface area (Å²) >= 11 is 15.1. The zero-order valence-electron chi connectivity index (χ0n) is 24.7. The highest BCUT2D eigenvalue weighted by molar-refractivity contribution is 7.13. The molecule has 0 spiro atoms. The van der Waals surface area contributed by atoms with Crippen LogP contribution in [0.2, 0.25) is 10.0 Å². The number of imidazole rings is 1. The molecule has 2 atom stereocenters. The molecular weight excluding hydrogens is 650 g/mol. The van der Waals surface area contributed by atoms with Gasteiger partial charge < -0.3 is 14.6 Å². The molecule has 10 nitrogen and oxygen atoms in total. The van der Waals surface area contributed by atoms with Gasteiger partial charge in [0.25, 0.3) is 5.91 Å². The third kappa shape index (κ3) is 5.35. The van der Waals surface area contributed by atoms with Crippen molar-refractivity contribution in [1.82, 2.24) is 29.2 Å². The topological polar surface area (TPSA) is 104 Å². The molecule has 5 aromatic rings. The Bertz CT molecular complexity index is 1900. The van der Waals surface area contributed by atoms with Crippen LogP contribution in [0.4, 0.5) is 15.2 Å². The molecule has 3 aromatic heterocycles. The number of halogens is 3. The summed E-state index contributed by atoms with van der Waals surface area (Å²) in [6.07, 6.45) is 5.62. The van der Waals surface area contributed by atoms with Crippen LogP contribution in [0.25, 0.3) is 22.0 Å². The first kappa shape index (κ1) is 29.8. The van der Waals surface area contributed by atoms with Crippen LogP contribution in [0, 0.1) is 0 Å². The third-order valence-electron chi connectivity index (χ3n) is 9.39. The van der Waals surface area contributed by atoms with Crippen molar-refractivity contribution in [1.29, 1.82) is 0 Å². The highest BCUT2D eigenvalue weighted by Gasteiger charge is 2.35. The van der Waals surface area contributed by atoms with Crippen molar-refractivity contribution in [3.8, 4) is 11.1 Å². The molecule has 0 bridgehead atoms. The molecule has 1 aliphatic carbocycles. The van der Waals surface area contributed by atoms with Gasteiger partial charge in [-0.1, -0.05) is 35.3 Å². The van der Waals surface area contributed by atoms with Gasteiger partial charge in [-0.3, -0.25) is 19.7 Å². The summed E-state index contributed by atoms with van der Waals surface area (Å²) in [6, 6.07) is 9.61. The number of amides is 1. The standard InChI is InChI=1S/C32H31Cl2FN8O2S/c33-25-14-23(18-1-3-20(4-2-18)40-6-8-41(9-7-40)21-12-22(44)13-21)27(34)28-24(25)16-43(39-28)30(31(45)38-32-36-5-10-46-32)29-26-11-19(35)15-42(26)17-37-29/h1-5,10,14,16-17,19,21-22,30,44H,6-9,11-13,15H2,(H,36,38,45)/t19-,21?,22?,30-/m1/s1. The highest BCUT2D eigenvalue weighted by Crippen LogP contribution is 2.40. The third-order valence-corrected chi connectivity index (χ3v) is 10.8. The number of hydrogen-bond donors (Lipinski definition) is 2. The van der Waals surface area contributed by atoms with E-state index in [1.807, 2.05) is 18.2 Å². The van der Waals surface area contributed by atoms with Crippen molar-refractivity contribution in [2.24, 2.45) is 0 Å². The summed E-state index contributed by atoms with van der Waals surface area (Å²) in [6.45, 7) is 4.04. The number of aliphatic hydroxyl groups is 1. The summed E-state index contributed by atoms with van der Waals surface area (Å²) in [5.41, 5.74) is 4.31. The van der Waals surface area contributed by atoms with Gasteiger partial charge in [-0.25, -0.2) is 14.4 Å². The fraction of sp³-hybridized carbons (Fsp3) is 0.375. The number of aliphatic hydroxyl groups excluding tert-OH is 1. The van der Waals surface area contributed by atoms with Gasteiger partial charge in [0.2, 0.25) is 0 Å². The minimum absolute atomic E-state index is 0.137. The Morgan fingerprint density at radius 3 is 2.61 bits per heavy atom. The summed E-state index contributed by atoms with van der Waals surface area (Å²) in [5.74, 6) is -0.402. The van der Waals surface area contributed by atoms with Gasteiger partial charge in [-0.05, 0) is 36.6 Å². The second-order valence-electron chi connectivity index (χ2n) is 12.2. The molecule has 2 fully saturated rings. The van der Waals surface area contributed by atoms with Crippen molar-refractivity contribution in [2.45, 2.75) is 50.2 Å². The zero-order chi connectivity index (χ0) is 31.5. The Kier molecular flexibility index (Phi) is 7.72. The van der Waals surface area contributed by atoms with Gasteiger partial charge in [-0.2, -0.15) is 5.10 Å². The minimum Gasteiger partial charge on any atom is -0.393 e. The largest absolute Gasteiger partial charge is 0.393 e. The van der Waals surface area contributed by atoms with Gasteiger partial charge >= 0.3 is 0 Å². The van der Waals surface area contributed by atoms with E-state index < -0.39 is 18.1 Å². The fourth-order valence-corrected chi connectivity index (χ4v) is 7.95. The van der Waals surface area contributed by atoms with Crippen LogP contribution in [0.3, 0.4) is 0 Å². The van der Waals surface area contributed by atoms with Gasteiger partial charge in [0.15, 0.2) is 11.2 Å². The Balaban J connectivity index is 1.09. The molecule has 1 saturated carbocycles. The number of benzene rings is 2. The minimum atomic E-state index is -1.04. The monoisotopic (exact) mass is 680 g/mol. The number of aromatic nitrogens is 5. The summed E-state index contributed by atoms with van der Waals surface area (Å²) in [5, 5.41) is 21.0. The number of nitrogens with one attached hydrogen (secondary N) is 1. The molecule has 1 amide bonds. The molecule has 238 valence electrons. The molecule has 46 heavy (non-hydrogen) atoms. The number of carbonyl (C=O) groups excluding carboxylic acids is 1. The lowest BCUT2D eigenvalue weighted by Crippen LogP contribution is -2.55. The normalized spacial score (nSPS) is 22.2. The molecule has 5 heterocycles. The number of anilines is 2. The van der Waals surface area contributed by atoms with E-state index in [0.717, 1.165) is 55.8 Å². The maximum absolute atomic E-state index is 14.4. The molecule has 2 aromatic carbocycles. The van der Waals surface area contributed by atoms with Gasteiger partial charge in [0.05, 0.1) is 34.7 Å². The number of fused-ring (bicyclic) bond motifs is 2. The van der Waals surface area contributed by atoms with Crippen molar-refractivity contribution >= 4 is 62.2 Å². The first-order valence-corrected chi connectivity index (χ1v) is 17.0. The number of nitrogens with zero attached hydrogens (tertiary/aromatic N) is 7. The van der Waals surface area contributed by atoms with Crippen molar-refractivity contribution in [3.63, 3.8) is 0 Å². The summed E-state index contributed by atoms with van der Waals surface area (Å²) in [7, 11) is 0. The van der Waals surface area contributed by atoms with E-state index in [-0.39, 0.29) is 19.1 Å². The van der Waals surface area contributed by atoms with Crippen molar-refractivity contribution < 1.29 is 14.3 Å². The first-order chi connectivity index (χ1) is 22.3. The van der Waals surface area contributed by atoms with Crippen LogP contribution in [-0.2, 0) is 17.8 Å². The van der Waals surface area contributed by atoms with Crippen molar-refractivity contribution in [3.05, 3.63) is 75.9 Å². The Hall–Kier alpha value is -3.55. The molecular formula is C32H31Cl2FN8O2S. The SMILES string of the molecule is O=C(Nc1nccs1)[C@@H](c1ncn2c1C[C@@H](F)C2)n1cc2c(Cl)cc(-c3ccc(N4CCN(C5CC(O)C5)CC4)cc3)c(Cl)c2n1. The number of alkyl halides is 1. The Morgan fingerprint density at radius 1 is 1.11 bits per heavy atom. The molecule has 8 rings (SSSR count). The van der Waals surface area contributed by atoms with Gasteiger partial charge in [0, 0.05) is 78.7 Å². The average Bonchev–Trinajstić information content (AvgIpc) is 3.85. The summed E-state index contributed by atoms with van der Waals surface area (Å²) < 4.78 is 17.6. The second kappa shape index (κ2) is 11.9. The number of hydrogen-bond acceptors (Lipinski definition) is 8. The lowest BCUT2D eigenvalue weighted by atomic mass is 9.87. The first-order valence-electron chi connectivity index (χ1n) is 15.3. The lowest BCUT2D eigenvalue weighted by molar-refractivity contribution is -0.118. The average molecular weight is 682 g/mol. The number of rotatable bonds is 7. The van der Waals surface area contributed by atoms with Crippen LogP contribution in [0.15, 0.2) is 54.4 Å². The van der Waals surface area contributed by atoms with E-state index in [1.165, 1.54) is 16.0 Å².